The van der Waals surface area contributed by atoms with Crippen LogP contribution in [0.5, 0.6) is 11.6 Å². The van der Waals surface area contributed by atoms with Crippen molar-refractivity contribution < 1.29 is 14.3 Å². The monoisotopic (exact) mass is 381 g/mol. The number of carbonyl (C=O) groups is 2. The summed E-state index contributed by atoms with van der Waals surface area (Å²) in [6.45, 7) is 7.24. The Bertz CT molecular complexity index is 846. The summed E-state index contributed by atoms with van der Waals surface area (Å²) in [5, 5.41) is 2.98. The molecule has 0 bridgehead atoms. The average molecular weight is 381 g/mol. The summed E-state index contributed by atoms with van der Waals surface area (Å²) in [6.07, 6.45) is 3.35. The molecule has 2 heterocycles. The van der Waals surface area contributed by atoms with Gasteiger partial charge < -0.3 is 15.0 Å². The Morgan fingerprint density at radius 3 is 2.68 bits per heavy atom. The Morgan fingerprint density at radius 1 is 1.21 bits per heavy atom. The van der Waals surface area contributed by atoms with E-state index in [1.807, 2.05) is 38.1 Å². The minimum Gasteiger partial charge on any atom is -0.439 e. The van der Waals surface area contributed by atoms with E-state index in [4.69, 9.17) is 4.74 Å². The first-order valence-corrected chi connectivity index (χ1v) is 9.65. The summed E-state index contributed by atoms with van der Waals surface area (Å²) in [6, 6.07) is 9.71. The van der Waals surface area contributed by atoms with E-state index >= 15 is 0 Å². The molecule has 6 nitrogen and oxygen atoms in total. The van der Waals surface area contributed by atoms with Crippen LogP contribution in [-0.4, -0.2) is 34.8 Å². The van der Waals surface area contributed by atoms with Crippen LogP contribution in [0.1, 0.15) is 36.5 Å². The van der Waals surface area contributed by atoms with Crippen molar-refractivity contribution >= 4 is 11.8 Å². The van der Waals surface area contributed by atoms with Gasteiger partial charge in [0.1, 0.15) is 5.75 Å². The first-order chi connectivity index (χ1) is 13.4. The maximum Gasteiger partial charge on any atom is 0.225 e. The van der Waals surface area contributed by atoms with E-state index in [0.717, 1.165) is 41.8 Å². The van der Waals surface area contributed by atoms with Crippen LogP contribution in [0.2, 0.25) is 0 Å². The van der Waals surface area contributed by atoms with Gasteiger partial charge in [-0.3, -0.25) is 9.59 Å². The van der Waals surface area contributed by atoms with Crippen molar-refractivity contribution in [2.75, 3.05) is 13.1 Å². The van der Waals surface area contributed by atoms with Gasteiger partial charge in [-0.1, -0.05) is 6.07 Å². The summed E-state index contributed by atoms with van der Waals surface area (Å²) in [4.78, 5) is 30.1. The van der Waals surface area contributed by atoms with E-state index in [2.05, 4.69) is 16.4 Å². The Kier molecular flexibility index (Phi) is 6.29. The molecule has 1 aliphatic rings. The molecule has 2 aromatic rings. The van der Waals surface area contributed by atoms with E-state index in [1.54, 1.807) is 18.0 Å². The van der Waals surface area contributed by atoms with Crippen molar-refractivity contribution in [3.8, 4) is 11.6 Å². The molecule has 1 fully saturated rings. The largest absolute Gasteiger partial charge is 0.439 e. The van der Waals surface area contributed by atoms with Crippen LogP contribution in [0.3, 0.4) is 0 Å². The number of amides is 2. The molecule has 0 saturated carbocycles. The summed E-state index contributed by atoms with van der Waals surface area (Å²) in [7, 11) is 0. The lowest BCUT2D eigenvalue weighted by molar-refractivity contribution is -0.134. The Balaban J connectivity index is 1.58. The Morgan fingerprint density at radius 2 is 1.96 bits per heavy atom. The molecule has 2 amide bonds. The van der Waals surface area contributed by atoms with Gasteiger partial charge >= 0.3 is 0 Å². The summed E-state index contributed by atoms with van der Waals surface area (Å²) in [5.41, 5.74) is 3.18. The van der Waals surface area contributed by atoms with Gasteiger partial charge in [-0.25, -0.2) is 4.98 Å². The van der Waals surface area contributed by atoms with Crippen molar-refractivity contribution in [1.82, 2.24) is 15.2 Å². The highest BCUT2D eigenvalue weighted by molar-refractivity contribution is 5.80. The fourth-order valence-corrected chi connectivity index (χ4v) is 3.54. The van der Waals surface area contributed by atoms with Gasteiger partial charge in [0.25, 0.3) is 0 Å². The molecule has 1 aliphatic heterocycles. The lowest BCUT2D eigenvalue weighted by Gasteiger charge is -2.31. The highest BCUT2D eigenvalue weighted by atomic mass is 16.5. The quantitative estimate of drug-likeness (QED) is 0.862. The lowest BCUT2D eigenvalue weighted by atomic mass is 9.97. The van der Waals surface area contributed by atoms with Crippen molar-refractivity contribution in [3.05, 3.63) is 53.2 Å². The summed E-state index contributed by atoms with van der Waals surface area (Å²) in [5.74, 6) is 1.11. The van der Waals surface area contributed by atoms with Gasteiger partial charge in [-0.05, 0) is 61.6 Å². The second-order valence-electron chi connectivity index (χ2n) is 7.45. The lowest BCUT2D eigenvalue weighted by Crippen LogP contribution is -2.44. The molecule has 0 spiro atoms. The molecule has 1 aromatic carbocycles. The molecule has 28 heavy (non-hydrogen) atoms. The van der Waals surface area contributed by atoms with Gasteiger partial charge in [0, 0.05) is 38.8 Å². The molecule has 1 N–H and O–H groups in total. The minimum absolute atomic E-state index is 0.0143. The highest BCUT2D eigenvalue weighted by Crippen LogP contribution is 2.23. The Hall–Kier alpha value is -2.89. The van der Waals surface area contributed by atoms with Crippen LogP contribution in [-0.2, 0) is 16.1 Å². The maximum absolute atomic E-state index is 12.5. The van der Waals surface area contributed by atoms with Gasteiger partial charge in [-0.2, -0.15) is 0 Å². The second kappa shape index (κ2) is 8.87. The molecule has 1 atom stereocenters. The third-order valence-electron chi connectivity index (χ3n) is 4.92. The van der Waals surface area contributed by atoms with Crippen LogP contribution >= 0.6 is 0 Å². The smallest absolute Gasteiger partial charge is 0.225 e. The van der Waals surface area contributed by atoms with Crippen molar-refractivity contribution in [3.63, 3.8) is 0 Å². The van der Waals surface area contributed by atoms with E-state index in [1.165, 1.54) is 0 Å². The first-order valence-electron chi connectivity index (χ1n) is 9.65. The number of benzene rings is 1. The molecule has 1 saturated heterocycles. The molecule has 0 aliphatic carbocycles. The normalized spacial score (nSPS) is 16.5. The van der Waals surface area contributed by atoms with Crippen LogP contribution in [0.4, 0.5) is 0 Å². The molecular weight excluding hydrogens is 354 g/mol. The van der Waals surface area contributed by atoms with Crippen molar-refractivity contribution in [1.29, 1.82) is 0 Å². The van der Waals surface area contributed by atoms with Crippen molar-refractivity contribution in [2.45, 2.75) is 40.2 Å². The molecule has 1 aromatic heterocycles. The number of pyridine rings is 1. The van der Waals surface area contributed by atoms with E-state index in [-0.39, 0.29) is 17.7 Å². The number of hydrogen-bond donors (Lipinski definition) is 1. The number of rotatable bonds is 5. The summed E-state index contributed by atoms with van der Waals surface area (Å²) < 4.78 is 5.88. The van der Waals surface area contributed by atoms with Crippen molar-refractivity contribution in [2.24, 2.45) is 5.92 Å². The number of carbonyl (C=O) groups excluding carboxylic acids is 2. The number of nitrogens with zero attached hydrogens (tertiary/aromatic N) is 2. The number of hydrogen-bond acceptors (Lipinski definition) is 4. The number of aryl methyl sites for hydroxylation is 2. The van der Waals surface area contributed by atoms with Crippen LogP contribution in [0, 0.1) is 19.8 Å². The predicted molar refractivity (Wildman–Crippen MR) is 107 cm³/mol. The predicted octanol–water partition coefficient (Wildman–Crippen LogP) is 3.37. The fraction of sp³-hybridized carbons (Fsp3) is 0.409. The maximum atomic E-state index is 12.5. The minimum atomic E-state index is -0.148. The number of aromatic nitrogens is 1. The molecule has 3 rings (SSSR count). The first kappa shape index (κ1) is 19.9. The van der Waals surface area contributed by atoms with Gasteiger partial charge in [0.15, 0.2) is 0 Å². The van der Waals surface area contributed by atoms with E-state index < -0.39 is 0 Å². The van der Waals surface area contributed by atoms with Gasteiger partial charge in [0.05, 0.1) is 5.92 Å². The van der Waals surface area contributed by atoms with Gasteiger partial charge in [-0.15, -0.1) is 0 Å². The summed E-state index contributed by atoms with van der Waals surface area (Å²) >= 11 is 0. The van der Waals surface area contributed by atoms with Crippen LogP contribution < -0.4 is 10.1 Å². The zero-order valence-electron chi connectivity index (χ0n) is 16.7. The highest BCUT2D eigenvalue weighted by Gasteiger charge is 2.26. The molecular formula is C22H27N3O3. The van der Waals surface area contributed by atoms with Gasteiger partial charge in [0.2, 0.25) is 17.7 Å². The SMILES string of the molecule is CC(=O)N1CCCC(C(=O)NCc2ccnc(Oc3cc(C)cc(C)c3)c2)C1. The molecule has 6 heteroatoms. The number of likely N-dealkylation sites (tertiary alicyclic amines) is 1. The third kappa shape index (κ3) is 5.31. The average Bonchev–Trinajstić information content (AvgIpc) is 2.65. The van der Waals surface area contributed by atoms with E-state index in [9.17, 15) is 9.59 Å². The molecule has 0 radical (unpaired) electrons. The Labute approximate surface area is 165 Å². The fourth-order valence-electron chi connectivity index (χ4n) is 3.54. The second-order valence-corrected chi connectivity index (χ2v) is 7.45. The topological polar surface area (TPSA) is 71.5 Å². The number of piperidine rings is 1. The standard InChI is InChI=1S/C22H27N3O3/c1-15-9-16(2)11-20(10-15)28-21-12-18(6-7-23-21)13-24-22(27)19-5-4-8-25(14-19)17(3)26/h6-7,9-12,19H,4-5,8,13-14H2,1-3H3,(H,24,27). The van der Waals surface area contributed by atoms with Crippen LogP contribution in [0.15, 0.2) is 36.5 Å². The van der Waals surface area contributed by atoms with Crippen LogP contribution in [0.25, 0.3) is 0 Å². The molecule has 148 valence electrons. The molecule has 1 unspecified atom stereocenters. The zero-order chi connectivity index (χ0) is 20.1. The number of nitrogens with one attached hydrogen (secondary N) is 1. The third-order valence-corrected chi connectivity index (χ3v) is 4.92. The van der Waals surface area contributed by atoms with E-state index in [0.29, 0.717) is 19.0 Å². The zero-order valence-corrected chi connectivity index (χ0v) is 16.7. The number of ether oxygens (including phenoxy) is 1.